The Morgan fingerprint density at radius 1 is 1.36 bits per heavy atom. The Kier molecular flexibility index (Phi) is 2.98. The van der Waals surface area contributed by atoms with Crippen molar-refractivity contribution in [2.75, 3.05) is 0 Å². The number of ether oxygens (including phenoxy) is 1. The lowest BCUT2D eigenvalue weighted by atomic mass is 10.3. The molecular formula is C9H9F3NO. The zero-order valence-electron chi connectivity index (χ0n) is 7.72. The molecule has 0 saturated carbocycles. The first-order valence-corrected chi connectivity index (χ1v) is 4.02. The molecule has 5 heteroatoms. The lowest BCUT2D eigenvalue weighted by molar-refractivity contribution is -0.138. The maximum atomic E-state index is 12.1. The third-order valence-electron chi connectivity index (χ3n) is 1.34. The van der Waals surface area contributed by atoms with Crippen LogP contribution in [-0.2, 0) is 6.18 Å². The van der Waals surface area contributed by atoms with Crippen LogP contribution in [0.2, 0.25) is 0 Å². The molecule has 0 fully saturated rings. The van der Waals surface area contributed by atoms with Crippen LogP contribution in [0.25, 0.3) is 0 Å². The highest BCUT2D eigenvalue weighted by molar-refractivity contribution is 5.19. The highest BCUT2D eigenvalue weighted by atomic mass is 19.4. The summed E-state index contributed by atoms with van der Waals surface area (Å²) in [7, 11) is 0. The molecule has 0 atom stereocenters. The van der Waals surface area contributed by atoms with Crippen molar-refractivity contribution >= 4 is 0 Å². The molecule has 0 aliphatic rings. The molecule has 77 valence electrons. The molecule has 0 aliphatic heterocycles. The van der Waals surface area contributed by atoms with Crippen molar-refractivity contribution in [1.29, 1.82) is 0 Å². The first-order chi connectivity index (χ1) is 6.39. The van der Waals surface area contributed by atoms with Crippen molar-refractivity contribution in [1.82, 2.24) is 4.98 Å². The van der Waals surface area contributed by atoms with Gasteiger partial charge in [-0.2, -0.15) is 13.2 Å². The van der Waals surface area contributed by atoms with Crippen LogP contribution in [0.4, 0.5) is 13.2 Å². The molecule has 0 N–H and O–H groups in total. The minimum Gasteiger partial charge on any atom is -0.475 e. The van der Waals surface area contributed by atoms with Gasteiger partial charge in [-0.3, -0.25) is 0 Å². The Labute approximate surface area is 79.7 Å². The lowest BCUT2D eigenvalue weighted by Gasteiger charge is -2.09. The predicted octanol–water partition coefficient (Wildman–Crippen LogP) is 2.69. The van der Waals surface area contributed by atoms with E-state index in [2.05, 4.69) is 4.98 Å². The Morgan fingerprint density at radius 2 is 2.00 bits per heavy atom. The van der Waals surface area contributed by atoms with Crippen molar-refractivity contribution in [3.8, 4) is 5.88 Å². The van der Waals surface area contributed by atoms with Gasteiger partial charge in [-0.05, 0) is 19.9 Å². The number of halogens is 3. The first kappa shape index (κ1) is 10.8. The van der Waals surface area contributed by atoms with Gasteiger partial charge in [-0.25, -0.2) is 4.98 Å². The SMILES string of the molecule is CC(C)Oc1ccc(C(F)(F)F)[c]n1. The maximum Gasteiger partial charge on any atom is 0.418 e. The van der Waals surface area contributed by atoms with E-state index in [-0.39, 0.29) is 12.0 Å². The molecule has 14 heavy (non-hydrogen) atoms. The van der Waals surface area contributed by atoms with E-state index in [1.54, 1.807) is 13.8 Å². The summed E-state index contributed by atoms with van der Waals surface area (Å²) in [4.78, 5) is 3.42. The summed E-state index contributed by atoms with van der Waals surface area (Å²) < 4.78 is 41.3. The Hall–Kier alpha value is -1.26. The van der Waals surface area contributed by atoms with Crippen molar-refractivity contribution < 1.29 is 17.9 Å². The monoisotopic (exact) mass is 204 g/mol. The number of rotatable bonds is 2. The Bertz CT molecular complexity index is 292. The highest BCUT2D eigenvalue weighted by Crippen LogP contribution is 2.28. The van der Waals surface area contributed by atoms with Gasteiger partial charge in [0.25, 0.3) is 0 Å². The van der Waals surface area contributed by atoms with Crippen molar-refractivity contribution in [2.45, 2.75) is 26.1 Å². The van der Waals surface area contributed by atoms with Gasteiger partial charge in [0.2, 0.25) is 5.88 Å². The Balaban J connectivity index is 2.79. The minimum atomic E-state index is -4.40. The number of aromatic nitrogens is 1. The molecule has 0 amide bonds. The second kappa shape index (κ2) is 3.86. The fraction of sp³-hybridized carbons (Fsp3) is 0.444. The molecule has 1 aromatic heterocycles. The van der Waals surface area contributed by atoms with Gasteiger partial charge >= 0.3 is 6.18 Å². The summed E-state index contributed by atoms with van der Waals surface area (Å²) in [6.07, 6.45) is -2.64. The second-order valence-electron chi connectivity index (χ2n) is 2.97. The molecule has 1 radical (unpaired) electrons. The van der Waals surface area contributed by atoms with Crippen LogP contribution >= 0.6 is 0 Å². The van der Waals surface area contributed by atoms with Crippen LogP contribution in [0, 0.1) is 6.20 Å². The molecule has 1 aromatic rings. The van der Waals surface area contributed by atoms with E-state index < -0.39 is 11.7 Å². The van der Waals surface area contributed by atoms with Gasteiger partial charge < -0.3 is 4.74 Å². The third kappa shape index (κ3) is 2.90. The third-order valence-corrected chi connectivity index (χ3v) is 1.34. The van der Waals surface area contributed by atoms with Crippen molar-refractivity contribution in [3.63, 3.8) is 0 Å². The zero-order chi connectivity index (χ0) is 10.8. The first-order valence-electron chi connectivity index (χ1n) is 4.02. The number of hydrogen-bond acceptors (Lipinski definition) is 2. The largest absolute Gasteiger partial charge is 0.475 e. The van der Waals surface area contributed by atoms with Crippen molar-refractivity contribution in [2.24, 2.45) is 0 Å². The summed E-state index contributed by atoms with van der Waals surface area (Å²) in [5, 5.41) is 0. The molecule has 0 saturated heterocycles. The normalized spacial score (nSPS) is 11.9. The zero-order valence-corrected chi connectivity index (χ0v) is 7.72. The fourth-order valence-corrected chi connectivity index (χ4v) is 0.809. The molecule has 0 bridgehead atoms. The molecule has 0 spiro atoms. The van der Waals surface area contributed by atoms with Crippen molar-refractivity contribution in [3.05, 3.63) is 23.9 Å². The number of alkyl halides is 3. The molecular weight excluding hydrogens is 195 g/mol. The van der Waals surface area contributed by atoms with Gasteiger partial charge in [-0.15, -0.1) is 0 Å². The summed E-state index contributed by atoms with van der Waals surface area (Å²) in [5.41, 5.74) is -0.895. The number of nitrogens with zero attached hydrogens (tertiary/aromatic N) is 1. The summed E-state index contributed by atoms with van der Waals surface area (Å²) in [6.45, 7) is 3.53. The van der Waals surface area contributed by atoms with Gasteiger partial charge in [-0.1, -0.05) is 0 Å². The maximum absolute atomic E-state index is 12.1. The molecule has 1 heterocycles. The van der Waals surface area contributed by atoms with E-state index in [0.717, 1.165) is 6.07 Å². The van der Waals surface area contributed by atoms with Gasteiger partial charge in [0.1, 0.15) is 6.20 Å². The van der Waals surface area contributed by atoms with E-state index >= 15 is 0 Å². The second-order valence-corrected chi connectivity index (χ2v) is 2.97. The van der Waals surface area contributed by atoms with Crippen LogP contribution in [0.3, 0.4) is 0 Å². The van der Waals surface area contributed by atoms with E-state index in [9.17, 15) is 13.2 Å². The van der Waals surface area contributed by atoms with E-state index in [4.69, 9.17) is 4.74 Å². The van der Waals surface area contributed by atoms with Crippen LogP contribution in [0.1, 0.15) is 19.4 Å². The molecule has 0 aromatic carbocycles. The van der Waals surface area contributed by atoms with Crippen LogP contribution in [-0.4, -0.2) is 11.1 Å². The van der Waals surface area contributed by atoms with Crippen LogP contribution in [0.5, 0.6) is 5.88 Å². The topological polar surface area (TPSA) is 22.1 Å². The molecule has 2 nitrogen and oxygen atoms in total. The van der Waals surface area contributed by atoms with Crippen LogP contribution < -0.4 is 4.74 Å². The summed E-state index contributed by atoms with van der Waals surface area (Å²) in [5.74, 6) is 0.146. The number of pyridine rings is 1. The fourth-order valence-electron chi connectivity index (χ4n) is 0.809. The predicted molar refractivity (Wildman–Crippen MR) is 43.8 cm³/mol. The molecule has 1 rings (SSSR count). The lowest BCUT2D eigenvalue weighted by Crippen LogP contribution is -2.09. The van der Waals surface area contributed by atoms with Gasteiger partial charge in [0.15, 0.2) is 0 Å². The van der Waals surface area contributed by atoms with E-state index in [0.29, 0.717) is 0 Å². The van der Waals surface area contributed by atoms with E-state index in [1.165, 1.54) is 6.07 Å². The average molecular weight is 204 g/mol. The molecule has 0 aliphatic carbocycles. The molecule has 0 unspecified atom stereocenters. The quantitative estimate of drug-likeness (QED) is 0.738. The van der Waals surface area contributed by atoms with Crippen LogP contribution in [0.15, 0.2) is 12.1 Å². The Morgan fingerprint density at radius 3 is 2.36 bits per heavy atom. The number of hydrogen-bond donors (Lipinski definition) is 0. The summed E-state index contributed by atoms with van der Waals surface area (Å²) in [6, 6.07) is 2.07. The minimum absolute atomic E-state index is 0.118. The smallest absolute Gasteiger partial charge is 0.418 e. The van der Waals surface area contributed by atoms with E-state index in [1.807, 2.05) is 6.20 Å². The highest BCUT2D eigenvalue weighted by Gasteiger charge is 2.31. The summed E-state index contributed by atoms with van der Waals surface area (Å²) >= 11 is 0. The standard InChI is InChI=1S/C9H9F3NO/c1-6(2)14-8-4-3-7(5-13-8)9(10,11)12/h3-4,6H,1-2H3. The average Bonchev–Trinajstić information content (AvgIpc) is 2.02. The van der Waals surface area contributed by atoms with Gasteiger partial charge in [0.05, 0.1) is 11.7 Å². The van der Waals surface area contributed by atoms with Gasteiger partial charge in [0, 0.05) is 6.07 Å².